The average Bonchev–Trinajstić information content (AvgIpc) is 3.00. The van der Waals surface area contributed by atoms with Crippen LogP contribution in [-0.4, -0.2) is 36.9 Å². The van der Waals surface area contributed by atoms with Crippen molar-refractivity contribution in [3.63, 3.8) is 0 Å². The third-order valence-corrected chi connectivity index (χ3v) is 2.83. The van der Waals surface area contributed by atoms with Gasteiger partial charge in [-0.1, -0.05) is 6.07 Å². The number of H-pyrrole nitrogens is 1. The van der Waals surface area contributed by atoms with Gasteiger partial charge in [0.05, 0.1) is 18.4 Å². The SMILES string of the molecule is CCOc1cccc(-c2n[nH]c(-c3cnccn3)n2)c1O. The number of hydrogen-bond donors (Lipinski definition) is 2. The molecule has 0 fully saturated rings. The van der Waals surface area contributed by atoms with Crippen molar-refractivity contribution in [3.8, 4) is 34.4 Å². The van der Waals surface area contributed by atoms with Crippen molar-refractivity contribution in [1.29, 1.82) is 0 Å². The van der Waals surface area contributed by atoms with Crippen molar-refractivity contribution in [2.45, 2.75) is 6.92 Å². The molecule has 0 atom stereocenters. The molecule has 0 spiro atoms. The second-order valence-corrected chi connectivity index (χ2v) is 4.18. The summed E-state index contributed by atoms with van der Waals surface area (Å²) in [6.07, 6.45) is 4.74. The number of phenolic OH excluding ortho intramolecular Hbond substituents is 1. The normalized spacial score (nSPS) is 10.5. The number of para-hydroxylation sites is 1. The standard InChI is InChI=1S/C14H13N5O2/c1-2-21-11-5-3-4-9(12(11)20)13-17-14(19-18-13)10-8-15-6-7-16-10/h3-8,20H,2H2,1H3,(H,17,18,19). The molecule has 0 unspecified atom stereocenters. The maximum Gasteiger partial charge on any atom is 0.185 e. The van der Waals surface area contributed by atoms with E-state index in [0.717, 1.165) is 0 Å². The van der Waals surface area contributed by atoms with E-state index in [9.17, 15) is 5.11 Å². The van der Waals surface area contributed by atoms with Crippen molar-refractivity contribution < 1.29 is 9.84 Å². The van der Waals surface area contributed by atoms with E-state index in [4.69, 9.17) is 4.74 Å². The number of aromatic hydroxyl groups is 1. The molecule has 3 aromatic rings. The number of phenols is 1. The van der Waals surface area contributed by atoms with Crippen LogP contribution >= 0.6 is 0 Å². The van der Waals surface area contributed by atoms with Crippen molar-refractivity contribution in [3.05, 3.63) is 36.8 Å². The first-order valence-electron chi connectivity index (χ1n) is 6.43. The van der Waals surface area contributed by atoms with Crippen molar-refractivity contribution in [2.75, 3.05) is 6.61 Å². The number of hydrogen-bond acceptors (Lipinski definition) is 6. The first-order valence-corrected chi connectivity index (χ1v) is 6.43. The summed E-state index contributed by atoms with van der Waals surface area (Å²) in [5.41, 5.74) is 1.07. The Hall–Kier alpha value is -2.96. The highest BCUT2D eigenvalue weighted by atomic mass is 16.5. The number of aromatic nitrogens is 5. The van der Waals surface area contributed by atoms with Crippen LogP contribution in [0.3, 0.4) is 0 Å². The van der Waals surface area contributed by atoms with Gasteiger partial charge in [-0.3, -0.25) is 10.1 Å². The van der Waals surface area contributed by atoms with E-state index in [1.807, 2.05) is 6.92 Å². The molecule has 0 saturated carbocycles. The predicted molar refractivity (Wildman–Crippen MR) is 75.7 cm³/mol. The van der Waals surface area contributed by atoms with Crippen LogP contribution in [0.4, 0.5) is 0 Å². The summed E-state index contributed by atoms with van der Waals surface area (Å²) in [7, 11) is 0. The number of nitrogens with zero attached hydrogens (tertiary/aromatic N) is 4. The topological polar surface area (TPSA) is 96.8 Å². The van der Waals surface area contributed by atoms with Gasteiger partial charge in [0.25, 0.3) is 0 Å². The summed E-state index contributed by atoms with van der Waals surface area (Å²) in [6, 6.07) is 5.19. The van der Waals surface area contributed by atoms with Gasteiger partial charge in [0.15, 0.2) is 23.1 Å². The van der Waals surface area contributed by atoms with Gasteiger partial charge in [-0.25, -0.2) is 9.97 Å². The number of benzene rings is 1. The fourth-order valence-corrected chi connectivity index (χ4v) is 1.89. The van der Waals surface area contributed by atoms with Crippen LogP contribution in [0.2, 0.25) is 0 Å². The van der Waals surface area contributed by atoms with Gasteiger partial charge < -0.3 is 9.84 Å². The Morgan fingerprint density at radius 3 is 2.95 bits per heavy atom. The van der Waals surface area contributed by atoms with Gasteiger partial charge in [-0.2, -0.15) is 5.10 Å². The van der Waals surface area contributed by atoms with Crippen LogP contribution in [0.5, 0.6) is 11.5 Å². The second-order valence-electron chi connectivity index (χ2n) is 4.18. The van der Waals surface area contributed by atoms with Crippen LogP contribution in [-0.2, 0) is 0 Å². The van der Waals surface area contributed by atoms with Crippen molar-refractivity contribution in [1.82, 2.24) is 25.1 Å². The van der Waals surface area contributed by atoms with Crippen LogP contribution in [0.1, 0.15) is 6.92 Å². The van der Waals surface area contributed by atoms with Crippen molar-refractivity contribution in [2.24, 2.45) is 0 Å². The molecule has 1 aromatic carbocycles. The summed E-state index contributed by atoms with van der Waals surface area (Å²) in [5.74, 6) is 1.28. The minimum absolute atomic E-state index is 0.0176. The first kappa shape index (κ1) is 13.0. The fourth-order valence-electron chi connectivity index (χ4n) is 1.89. The Bertz CT molecular complexity index is 742. The number of ether oxygens (including phenoxy) is 1. The molecule has 21 heavy (non-hydrogen) atoms. The van der Waals surface area contributed by atoms with Crippen LogP contribution in [0.25, 0.3) is 22.9 Å². The van der Waals surface area contributed by atoms with Gasteiger partial charge in [0, 0.05) is 12.4 Å². The maximum atomic E-state index is 10.2. The summed E-state index contributed by atoms with van der Waals surface area (Å²) >= 11 is 0. The quantitative estimate of drug-likeness (QED) is 0.760. The molecule has 0 aliphatic rings. The zero-order valence-corrected chi connectivity index (χ0v) is 11.3. The molecule has 7 heteroatoms. The Kier molecular flexibility index (Phi) is 3.46. The predicted octanol–water partition coefficient (Wildman–Crippen LogP) is 2.03. The summed E-state index contributed by atoms with van der Waals surface area (Å²) in [6.45, 7) is 2.32. The summed E-state index contributed by atoms with van der Waals surface area (Å²) in [5, 5.41) is 17.1. The molecule has 7 nitrogen and oxygen atoms in total. The van der Waals surface area contributed by atoms with Gasteiger partial charge in [0.1, 0.15) is 5.69 Å². The van der Waals surface area contributed by atoms with Gasteiger partial charge in [0.2, 0.25) is 0 Å². The van der Waals surface area contributed by atoms with E-state index in [1.165, 1.54) is 0 Å². The zero-order chi connectivity index (χ0) is 14.7. The Morgan fingerprint density at radius 1 is 1.29 bits per heavy atom. The molecule has 0 amide bonds. The molecule has 0 bridgehead atoms. The van der Waals surface area contributed by atoms with E-state index in [2.05, 4.69) is 25.1 Å². The first-order chi connectivity index (χ1) is 10.3. The van der Waals surface area contributed by atoms with E-state index >= 15 is 0 Å². The van der Waals surface area contributed by atoms with Gasteiger partial charge in [-0.15, -0.1) is 0 Å². The Balaban J connectivity index is 1.99. The summed E-state index contributed by atoms with van der Waals surface area (Å²) < 4.78 is 5.35. The molecule has 2 N–H and O–H groups in total. The minimum Gasteiger partial charge on any atom is -0.504 e. The smallest absolute Gasteiger partial charge is 0.185 e. The van der Waals surface area contributed by atoms with Crippen LogP contribution in [0, 0.1) is 0 Å². The monoisotopic (exact) mass is 283 g/mol. The molecule has 2 aromatic heterocycles. The Morgan fingerprint density at radius 2 is 2.19 bits per heavy atom. The van der Waals surface area contributed by atoms with Gasteiger partial charge in [-0.05, 0) is 19.1 Å². The molecule has 0 radical (unpaired) electrons. The molecule has 106 valence electrons. The highest BCUT2D eigenvalue weighted by molar-refractivity contribution is 5.69. The maximum absolute atomic E-state index is 10.2. The lowest BCUT2D eigenvalue weighted by molar-refractivity contribution is 0.318. The molecular weight excluding hydrogens is 270 g/mol. The lowest BCUT2D eigenvalue weighted by atomic mass is 10.2. The lowest BCUT2D eigenvalue weighted by Gasteiger charge is -2.07. The minimum atomic E-state index is 0.0176. The number of nitrogens with one attached hydrogen (secondary N) is 1. The van der Waals surface area contributed by atoms with E-state index < -0.39 is 0 Å². The molecule has 3 rings (SSSR count). The fraction of sp³-hybridized carbons (Fsp3) is 0.143. The molecule has 2 heterocycles. The molecule has 0 aliphatic heterocycles. The third kappa shape index (κ3) is 2.53. The largest absolute Gasteiger partial charge is 0.504 e. The van der Waals surface area contributed by atoms with Crippen LogP contribution < -0.4 is 4.74 Å². The zero-order valence-electron chi connectivity index (χ0n) is 11.3. The van der Waals surface area contributed by atoms with Gasteiger partial charge >= 0.3 is 0 Å². The molecule has 0 saturated heterocycles. The Labute approximate surface area is 120 Å². The summed E-state index contributed by atoms with van der Waals surface area (Å²) in [4.78, 5) is 12.4. The van der Waals surface area contributed by atoms with E-state index in [0.29, 0.717) is 35.3 Å². The third-order valence-electron chi connectivity index (χ3n) is 2.83. The molecular formula is C14H13N5O2. The average molecular weight is 283 g/mol. The van der Waals surface area contributed by atoms with E-state index in [1.54, 1.807) is 36.8 Å². The lowest BCUT2D eigenvalue weighted by Crippen LogP contribution is -1.93. The highest BCUT2D eigenvalue weighted by Crippen LogP contribution is 2.35. The van der Waals surface area contributed by atoms with E-state index in [-0.39, 0.29) is 5.75 Å². The molecule has 0 aliphatic carbocycles. The number of aromatic amines is 1. The second kappa shape index (κ2) is 5.58. The van der Waals surface area contributed by atoms with Crippen LogP contribution in [0.15, 0.2) is 36.8 Å². The number of rotatable bonds is 4. The van der Waals surface area contributed by atoms with Crippen molar-refractivity contribution >= 4 is 0 Å². The highest BCUT2D eigenvalue weighted by Gasteiger charge is 2.15.